The Morgan fingerprint density at radius 1 is 1.09 bits per heavy atom. The molecule has 0 unspecified atom stereocenters. The van der Waals surface area contributed by atoms with Gasteiger partial charge in [-0.3, -0.25) is 0 Å². The maximum Gasteiger partial charge on any atom is 0.137 e. The van der Waals surface area contributed by atoms with Crippen LogP contribution in [0.5, 0.6) is 0 Å². The van der Waals surface area contributed by atoms with Crippen LogP contribution in [0, 0.1) is 11.7 Å². The molecule has 0 bridgehead atoms. The van der Waals surface area contributed by atoms with Gasteiger partial charge < -0.3 is 39.9 Å². The standard InChI is InChI=1S/C17H21FN2O.2ClH/c18-16-4-2-1-3-15(16)17-6-5-14(21-17)12-20-11-13-7-9-19-10-8-13;;/h1-6,13,19-20H,7-12H2;2*1H/p-2. The fraction of sp³-hybridized carbons (Fsp3) is 0.412. The molecule has 0 radical (unpaired) electrons. The molecule has 0 atom stereocenters. The Bertz CT molecular complexity index is 585. The van der Waals surface area contributed by atoms with E-state index in [0.717, 1.165) is 31.3 Å². The molecule has 1 aliphatic rings. The molecule has 2 aromatic rings. The number of hydrogen-bond acceptors (Lipinski definition) is 3. The maximum absolute atomic E-state index is 13.7. The summed E-state index contributed by atoms with van der Waals surface area (Å²) in [7, 11) is 0. The van der Waals surface area contributed by atoms with Crippen LogP contribution in [-0.4, -0.2) is 19.6 Å². The summed E-state index contributed by atoms with van der Waals surface area (Å²) in [4.78, 5) is 0. The largest absolute Gasteiger partial charge is 1.00 e. The van der Waals surface area contributed by atoms with E-state index in [1.165, 1.54) is 18.9 Å². The van der Waals surface area contributed by atoms with Crippen molar-refractivity contribution < 1.29 is 33.6 Å². The van der Waals surface area contributed by atoms with Crippen LogP contribution in [0.4, 0.5) is 4.39 Å². The average molecular weight is 359 g/mol. The van der Waals surface area contributed by atoms with E-state index in [9.17, 15) is 4.39 Å². The van der Waals surface area contributed by atoms with E-state index in [4.69, 9.17) is 4.42 Å². The van der Waals surface area contributed by atoms with Crippen molar-refractivity contribution in [3.8, 4) is 11.3 Å². The molecule has 128 valence electrons. The molecule has 1 aliphatic heterocycles. The van der Waals surface area contributed by atoms with E-state index in [2.05, 4.69) is 10.6 Å². The van der Waals surface area contributed by atoms with Crippen LogP contribution in [-0.2, 0) is 6.54 Å². The van der Waals surface area contributed by atoms with Crippen LogP contribution in [0.2, 0.25) is 0 Å². The van der Waals surface area contributed by atoms with E-state index in [-0.39, 0.29) is 30.6 Å². The molecule has 3 rings (SSSR count). The van der Waals surface area contributed by atoms with E-state index in [0.29, 0.717) is 17.9 Å². The highest BCUT2D eigenvalue weighted by Gasteiger charge is 2.13. The Morgan fingerprint density at radius 2 is 1.83 bits per heavy atom. The van der Waals surface area contributed by atoms with Crippen molar-refractivity contribution >= 4 is 0 Å². The Hall–Kier alpha value is -1.07. The number of hydrogen-bond donors (Lipinski definition) is 2. The molecular formula is C17H21Cl2FN2O-2. The first-order chi connectivity index (χ1) is 10.3. The first kappa shape index (κ1) is 20.0. The number of rotatable bonds is 5. The molecule has 2 N–H and O–H groups in total. The smallest absolute Gasteiger partial charge is 0.137 e. The lowest BCUT2D eigenvalue weighted by Crippen LogP contribution is -3.00. The molecule has 0 spiro atoms. The SMILES string of the molecule is Fc1ccccc1-c1ccc(CNCC2CCNCC2)o1.[Cl-].[Cl-]. The summed E-state index contributed by atoms with van der Waals surface area (Å²) in [5.41, 5.74) is 0.516. The Morgan fingerprint density at radius 3 is 2.57 bits per heavy atom. The van der Waals surface area contributed by atoms with Gasteiger partial charge in [0.15, 0.2) is 0 Å². The highest BCUT2D eigenvalue weighted by molar-refractivity contribution is 5.58. The fourth-order valence-electron chi connectivity index (χ4n) is 2.76. The molecule has 1 aromatic carbocycles. The van der Waals surface area contributed by atoms with Crippen molar-refractivity contribution in [3.63, 3.8) is 0 Å². The second-order valence-corrected chi connectivity index (χ2v) is 5.57. The van der Waals surface area contributed by atoms with Gasteiger partial charge in [0.1, 0.15) is 17.3 Å². The number of nitrogens with one attached hydrogen (secondary N) is 2. The van der Waals surface area contributed by atoms with Crippen molar-refractivity contribution in [3.05, 3.63) is 48.0 Å². The maximum atomic E-state index is 13.7. The van der Waals surface area contributed by atoms with Crippen molar-refractivity contribution in [2.45, 2.75) is 19.4 Å². The predicted molar refractivity (Wildman–Crippen MR) is 81.4 cm³/mol. The molecule has 23 heavy (non-hydrogen) atoms. The van der Waals surface area contributed by atoms with Gasteiger partial charge in [0.05, 0.1) is 12.1 Å². The molecular weight excluding hydrogens is 338 g/mol. The molecule has 1 aromatic heterocycles. The van der Waals surface area contributed by atoms with Gasteiger partial charge in [-0.2, -0.15) is 0 Å². The van der Waals surface area contributed by atoms with Gasteiger partial charge >= 0.3 is 0 Å². The zero-order valence-corrected chi connectivity index (χ0v) is 14.3. The summed E-state index contributed by atoms with van der Waals surface area (Å²) in [6.45, 7) is 3.94. The molecule has 1 saturated heterocycles. The van der Waals surface area contributed by atoms with Gasteiger partial charge in [-0.1, -0.05) is 12.1 Å². The Labute approximate surface area is 148 Å². The lowest BCUT2D eigenvalue weighted by Gasteiger charge is -2.22. The van der Waals surface area contributed by atoms with Crippen LogP contribution >= 0.6 is 0 Å². The lowest BCUT2D eigenvalue weighted by atomic mass is 9.98. The number of benzene rings is 1. The minimum absolute atomic E-state index is 0. The van der Waals surface area contributed by atoms with Crippen molar-refractivity contribution in [2.75, 3.05) is 19.6 Å². The van der Waals surface area contributed by atoms with Gasteiger partial charge in [-0.25, -0.2) is 4.39 Å². The third-order valence-corrected chi connectivity index (χ3v) is 3.99. The third-order valence-electron chi connectivity index (χ3n) is 3.99. The number of halogens is 3. The van der Waals surface area contributed by atoms with Gasteiger partial charge in [0, 0.05) is 0 Å². The van der Waals surface area contributed by atoms with Gasteiger partial charge in [0.25, 0.3) is 0 Å². The molecule has 0 aliphatic carbocycles. The molecule has 3 nitrogen and oxygen atoms in total. The van der Waals surface area contributed by atoms with Crippen LogP contribution in [0.15, 0.2) is 40.8 Å². The van der Waals surface area contributed by atoms with Crippen molar-refractivity contribution in [1.82, 2.24) is 10.6 Å². The Kier molecular flexibility index (Phi) is 8.63. The predicted octanol–water partition coefficient (Wildman–Crippen LogP) is -2.82. The zero-order valence-electron chi connectivity index (χ0n) is 12.8. The van der Waals surface area contributed by atoms with Crippen molar-refractivity contribution in [2.24, 2.45) is 5.92 Å². The summed E-state index contributed by atoms with van der Waals surface area (Å²) >= 11 is 0. The van der Waals surface area contributed by atoms with Gasteiger partial charge in [-0.05, 0) is 62.7 Å². The van der Waals surface area contributed by atoms with Crippen LogP contribution in [0.25, 0.3) is 11.3 Å². The first-order valence-corrected chi connectivity index (χ1v) is 7.58. The number of piperidine rings is 1. The summed E-state index contributed by atoms with van der Waals surface area (Å²) in [5.74, 6) is 1.93. The normalized spacial score (nSPS) is 14.8. The summed E-state index contributed by atoms with van der Waals surface area (Å²) in [6, 6.07) is 10.4. The Balaban J connectivity index is 0.00000132. The zero-order chi connectivity index (χ0) is 14.5. The summed E-state index contributed by atoms with van der Waals surface area (Å²) in [6.07, 6.45) is 2.46. The lowest BCUT2D eigenvalue weighted by molar-refractivity contribution is -0.001000. The van der Waals surface area contributed by atoms with E-state index in [1.54, 1.807) is 12.1 Å². The fourth-order valence-corrected chi connectivity index (χ4v) is 2.76. The van der Waals surface area contributed by atoms with Crippen LogP contribution in [0.3, 0.4) is 0 Å². The highest BCUT2D eigenvalue weighted by Crippen LogP contribution is 2.24. The summed E-state index contributed by atoms with van der Waals surface area (Å²) in [5, 5.41) is 6.80. The first-order valence-electron chi connectivity index (χ1n) is 7.58. The molecule has 1 fully saturated rings. The topological polar surface area (TPSA) is 37.2 Å². The van der Waals surface area contributed by atoms with E-state index < -0.39 is 0 Å². The molecule has 0 saturated carbocycles. The van der Waals surface area contributed by atoms with Crippen molar-refractivity contribution in [1.29, 1.82) is 0 Å². The average Bonchev–Trinajstić information content (AvgIpc) is 2.97. The molecule has 6 heteroatoms. The van der Waals surface area contributed by atoms with Gasteiger partial charge in [-0.15, -0.1) is 0 Å². The van der Waals surface area contributed by atoms with E-state index >= 15 is 0 Å². The molecule has 2 heterocycles. The molecule has 0 amide bonds. The summed E-state index contributed by atoms with van der Waals surface area (Å²) < 4.78 is 19.4. The second-order valence-electron chi connectivity index (χ2n) is 5.57. The van der Waals surface area contributed by atoms with Crippen LogP contribution in [0.1, 0.15) is 18.6 Å². The van der Waals surface area contributed by atoms with E-state index in [1.807, 2.05) is 18.2 Å². The minimum Gasteiger partial charge on any atom is -1.00 e. The third kappa shape index (κ3) is 5.50. The minimum atomic E-state index is -0.249. The van der Waals surface area contributed by atoms with Crippen LogP contribution < -0.4 is 35.4 Å². The number of furan rings is 1. The highest BCUT2D eigenvalue weighted by atomic mass is 35.5. The van der Waals surface area contributed by atoms with Gasteiger partial charge in [0.2, 0.25) is 0 Å². The second kappa shape index (κ2) is 9.93. The monoisotopic (exact) mass is 358 g/mol. The quantitative estimate of drug-likeness (QED) is 0.605.